The van der Waals surface area contributed by atoms with E-state index in [9.17, 15) is 18.8 Å². The number of carbonyl (C=O) groups excluding carboxylic acids is 3. The van der Waals surface area contributed by atoms with Crippen molar-refractivity contribution in [3.8, 4) is 5.75 Å². The second-order valence-electron chi connectivity index (χ2n) is 7.13. The lowest BCUT2D eigenvalue weighted by molar-refractivity contribution is -1.02. The molecule has 1 aromatic rings. The highest BCUT2D eigenvalue weighted by Crippen LogP contribution is 2.30. The Morgan fingerprint density at radius 2 is 2.03 bits per heavy atom. The molecule has 3 rings (SSSR count). The van der Waals surface area contributed by atoms with Gasteiger partial charge < -0.3 is 19.6 Å². The smallest absolute Gasteiger partial charge is 0.442 e. The highest BCUT2D eigenvalue weighted by atomic mass is 19.1. The normalized spacial score (nSPS) is 20.7. The lowest BCUT2D eigenvalue weighted by Gasteiger charge is -2.34. The highest BCUT2D eigenvalue weighted by Gasteiger charge is 2.44. The van der Waals surface area contributed by atoms with Gasteiger partial charge in [0.15, 0.2) is 5.82 Å². The van der Waals surface area contributed by atoms with E-state index < -0.39 is 28.8 Å². The van der Waals surface area contributed by atoms with Gasteiger partial charge in [-0.25, -0.2) is 9.18 Å². The Bertz CT molecular complexity index is 796. The van der Waals surface area contributed by atoms with Gasteiger partial charge in [0.2, 0.25) is 11.7 Å². The van der Waals surface area contributed by atoms with Crippen molar-refractivity contribution in [3.63, 3.8) is 0 Å². The van der Waals surface area contributed by atoms with Gasteiger partial charge in [-0.15, -0.1) is 0 Å². The summed E-state index contributed by atoms with van der Waals surface area (Å²) in [4.78, 5) is 42.4. The van der Waals surface area contributed by atoms with Crippen LogP contribution in [0.5, 0.6) is 5.75 Å². The van der Waals surface area contributed by atoms with E-state index in [1.54, 1.807) is 0 Å². The fourth-order valence-electron chi connectivity index (χ4n) is 3.52. The maximum absolute atomic E-state index is 14.8. The van der Waals surface area contributed by atoms with Gasteiger partial charge in [0, 0.05) is 25.8 Å². The molecular weight excluding hydrogens is 385 g/mol. The van der Waals surface area contributed by atoms with Crippen LogP contribution in [0.3, 0.4) is 0 Å². The first kappa shape index (κ1) is 20.8. The molecule has 0 radical (unpaired) electrons. The van der Waals surface area contributed by atoms with Crippen molar-refractivity contribution in [2.45, 2.75) is 32.3 Å². The van der Waals surface area contributed by atoms with E-state index in [0.29, 0.717) is 18.8 Å². The van der Waals surface area contributed by atoms with Gasteiger partial charge >= 0.3 is 12.2 Å². The highest BCUT2D eigenvalue weighted by molar-refractivity contribution is 5.90. The van der Waals surface area contributed by atoms with Gasteiger partial charge in [-0.05, 0) is 23.2 Å². The number of nitrogens with one attached hydrogen (secondary N) is 1. The van der Waals surface area contributed by atoms with Crippen LogP contribution in [0, 0.1) is 5.82 Å². The number of methoxy groups -OCH3 is 1. The number of nitrogens with zero attached hydrogens (tertiary/aromatic N) is 2. The number of halogens is 1. The van der Waals surface area contributed by atoms with Crippen molar-refractivity contribution in [3.05, 3.63) is 24.0 Å². The molecule has 3 amide bonds. The van der Waals surface area contributed by atoms with Gasteiger partial charge in [-0.3, -0.25) is 9.69 Å². The van der Waals surface area contributed by atoms with E-state index in [2.05, 4.69) is 5.32 Å². The van der Waals surface area contributed by atoms with E-state index in [1.165, 1.54) is 31.1 Å². The van der Waals surface area contributed by atoms with E-state index in [0.717, 1.165) is 25.3 Å². The number of benzene rings is 1. The van der Waals surface area contributed by atoms with Crippen molar-refractivity contribution in [1.82, 2.24) is 5.32 Å². The monoisotopic (exact) mass is 410 g/mol. The fraction of sp³-hybridized carbons (Fsp3) is 0.526. The second kappa shape index (κ2) is 8.64. The number of hydroxylamine groups is 3. The van der Waals surface area contributed by atoms with E-state index in [4.69, 9.17) is 14.3 Å². The summed E-state index contributed by atoms with van der Waals surface area (Å²) in [6.07, 6.45) is 0.790. The molecule has 2 heterocycles. The van der Waals surface area contributed by atoms with E-state index in [-0.39, 0.29) is 24.7 Å². The molecule has 29 heavy (non-hydrogen) atoms. The van der Waals surface area contributed by atoms with Crippen LogP contribution >= 0.6 is 0 Å². The molecule has 10 heteroatoms. The van der Waals surface area contributed by atoms with Crippen molar-refractivity contribution in [2.75, 3.05) is 38.2 Å². The van der Waals surface area contributed by atoms with Crippen LogP contribution in [0.25, 0.3) is 0 Å². The first-order chi connectivity index (χ1) is 13.8. The molecule has 1 aromatic carbocycles. The van der Waals surface area contributed by atoms with Crippen LogP contribution in [0.4, 0.5) is 19.7 Å². The quantitative estimate of drug-likeness (QED) is 0.749. The van der Waals surface area contributed by atoms with Crippen molar-refractivity contribution >= 4 is 23.8 Å². The fourth-order valence-corrected chi connectivity index (χ4v) is 3.52. The average Bonchev–Trinajstić information content (AvgIpc) is 3.08. The maximum atomic E-state index is 14.8. The minimum atomic E-state index is -0.701. The minimum Gasteiger partial charge on any atom is -0.442 e. The third-order valence-electron chi connectivity index (χ3n) is 5.00. The Kier molecular flexibility index (Phi) is 6.21. The molecular formula is C19H25FN3O6+. The molecule has 0 aliphatic carbocycles. The zero-order valence-electron chi connectivity index (χ0n) is 16.5. The lowest BCUT2D eigenvalue weighted by atomic mass is 10.1. The number of cyclic esters (lactones) is 1. The minimum absolute atomic E-state index is 0.0941. The molecule has 2 fully saturated rings. The third-order valence-corrected chi connectivity index (χ3v) is 5.00. The second-order valence-corrected chi connectivity index (χ2v) is 7.13. The summed E-state index contributed by atoms with van der Waals surface area (Å²) in [5, 5.41) is 2.58. The zero-order valence-corrected chi connectivity index (χ0v) is 16.5. The summed E-state index contributed by atoms with van der Waals surface area (Å²) in [5.41, 5.74) is 0.299. The number of likely N-dealkylation sites (tertiary alicyclic amines) is 1. The van der Waals surface area contributed by atoms with Gasteiger partial charge in [0.1, 0.15) is 19.2 Å². The van der Waals surface area contributed by atoms with Crippen LogP contribution in [0.1, 0.15) is 26.2 Å². The Hall–Kier alpha value is -2.88. The first-order valence-corrected chi connectivity index (χ1v) is 9.52. The molecule has 0 saturated carbocycles. The molecule has 0 bridgehead atoms. The molecule has 2 aliphatic heterocycles. The van der Waals surface area contributed by atoms with Crippen LogP contribution in [-0.4, -0.2) is 62.1 Å². The molecule has 0 aromatic heterocycles. The third kappa shape index (κ3) is 4.58. The molecule has 158 valence electrons. The summed E-state index contributed by atoms with van der Waals surface area (Å²) >= 11 is 0. The molecule has 0 spiro atoms. The van der Waals surface area contributed by atoms with Crippen molar-refractivity contribution in [1.29, 1.82) is 0 Å². The number of rotatable bonds is 5. The zero-order chi connectivity index (χ0) is 21.0. The summed E-state index contributed by atoms with van der Waals surface area (Å²) < 4.78 is 24.4. The maximum Gasteiger partial charge on any atom is 0.558 e. The predicted molar refractivity (Wildman–Crippen MR) is 99.6 cm³/mol. The SMILES string of the molecule is COC(=O)[N+]1(Oc2ccc(N3C[C@H](CNC(C)=O)OC3=O)cc2F)CCCCC1. The van der Waals surface area contributed by atoms with Gasteiger partial charge in [0.05, 0.1) is 25.9 Å². The van der Waals surface area contributed by atoms with Crippen LogP contribution < -0.4 is 15.1 Å². The number of hydrogen-bond acceptors (Lipinski definition) is 6. The Morgan fingerprint density at radius 1 is 1.31 bits per heavy atom. The Labute approximate surface area is 167 Å². The number of piperidine rings is 1. The van der Waals surface area contributed by atoms with E-state index >= 15 is 0 Å². The topological polar surface area (TPSA) is 94.2 Å². The van der Waals surface area contributed by atoms with Gasteiger partial charge in [0.25, 0.3) is 0 Å². The number of amides is 3. The summed E-state index contributed by atoms with van der Waals surface area (Å²) in [6, 6.07) is 4.07. The van der Waals surface area contributed by atoms with Gasteiger partial charge in [-0.1, -0.05) is 0 Å². The van der Waals surface area contributed by atoms with Crippen LogP contribution in [-0.2, 0) is 14.3 Å². The first-order valence-electron chi connectivity index (χ1n) is 9.52. The molecule has 0 unspecified atom stereocenters. The van der Waals surface area contributed by atoms with Gasteiger partial charge in [-0.2, -0.15) is 4.79 Å². The predicted octanol–water partition coefficient (Wildman–Crippen LogP) is 2.35. The Morgan fingerprint density at radius 3 is 2.66 bits per heavy atom. The standard InChI is InChI=1S/C19H24FN3O6/c1-13(24)21-11-15-12-22(18(25)28-15)14-6-7-17(16(20)10-14)29-23(19(26)27-2)8-4-3-5-9-23/h6-7,10,15H,3-5,8-9,11-12H2,1-2H3/p+1/t15-/m0/s1. The van der Waals surface area contributed by atoms with E-state index in [1.807, 2.05) is 0 Å². The van der Waals surface area contributed by atoms with Crippen LogP contribution in [0.2, 0.25) is 0 Å². The number of carbonyl (C=O) groups is 3. The van der Waals surface area contributed by atoms with Crippen LogP contribution in [0.15, 0.2) is 18.2 Å². The largest absolute Gasteiger partial charge is 0.558 e. The number of ether oxygens (including phenoxy) is 2. The average molecular weight is 410 g/mol. The summed E-state index contributed by atoms with van der Waals surface area (Å²) in [6.45, 7) is 2.53. The van der Waals surface area contributed by atoms with Crippen molar-refractivity contribution in [2.24, 2.45) is 0 Å². The molecule has 1 atom stereocenters. The molecule has 2 saturated heterocycles. The molecule has 9 nitrogen and oxygen atoms in total. The Balaban J connectivity index is 1.74. The summed E-state index contributed by atoms with van der Waals surface area (Å²) in [7, 11) is 1.27. The number of hydrogen-bond donors (Lipinski definition) is 1. The molecule has 1 N–H and O–H groups in total. The number of quaternary nitrogens is 1. The summed E-state index contributed by atoms with van der Waals surface area (Å²) in [5.74, 6) is -1.02. The molecule has 2 aliphatic rings. The van der Waals surface area contributed by atoms with Crippen molar-refractivity contribution < 1.29 is 37.7 Å². The number of anilines is 1. The lowest BCUT2D eigenvalue weighted by Crippen LogP contribution is -2.58.